The van der Waals surface area contributed by atoms with Gasteiger partial charge in [-0.15, -0.1) is 0 Å². The summed E-state index contributed by atoms with van der Waals surface area (Å²) in [5, 5.41) is 2.80. The molecular weight excluding hydrogens is 280 g/mol. The average Bonchev–Trinajstić information content (AvgIpc) is 2.81. The summed E-state index contributed by atoms with van der Waals surface area (Å²) in [6.45, 7) is 0.0743. The van der Waals surface area contributed by atoms with Crippen LogP contribution < -0.4 is 10.2 Å². The minimum atomic E-state index is -1.19. The highest BCUT2D eigenvalue weighted by molar-refractivity contribution is 6.23. The molecule has 2 aromatic rings. The van der Waals surface area contributed by atoms with E-state index in [1.165, 1.54) is 7.11 Å². The molecule has 5 nitrogen and oxygen atoms in total. The second-order valence-corrected chi connectivity index (χ2v) is 5.11. The lowest BCUT2D eigenvalue weighted by molar-refractivity contribution is -0.124. The van der Waals surface area contributed by atoms with E-state index in [1.807, 2.05) is 36.4 Å². The summed E-state index contributed by atoms with van der Waals surface area (Å²) in [5.41, 5.74) is 0.0516. The molecule has 1 heterocycles. The molecule has 1 fully saturated rings. The Morgan fingerprint density at radius 2 is 1.59 bits per heavy atom. The number of carbonyl (C=O) groups is 2. The minimum Gasteiger partial charge on any atom is -0.381 e. The van der Waals surface area contributed by atoms with E-state index in [1.54, 1.807) is 24.3 Å². The molecule has 1 N–H and O–H groups in total. The fraction of sp³-hybridized carbons (Fsp3) is 0.176. The molecule has 0 saturated carbocycles. The number of anilines is 1. The first-order valence-corrected chi connectivity index (χ1v) is 6.95. The lowest BCUT2D eigenvalue weighted by atomic mass is 9.90. The third-order valence-corrected chi connectivity index (χ3v) is 3.73. The second kappa shape index (κ2) is 5.61. The van der Waals surface area contributed by atoms with E-state index in [9.17, 15) is 9.59 Å². The highest BCUT2D eigenvalue weighted by Gasteiger charge is 2.53. The van der Waals surface area contributed by atoms with Crippen LogP contribution in [-0.2, 0) is 15.1 Å². The van der Waals surface area contributed by atoms with E-state index in [0.717, 1.165) is 4.90 Å². The lowest BCUT2D eigenvalue weighted by Crippen LogP contribution is -2.47. The maximum Gasteiger partial charge on any atom is 0.330 e. The Morgan fingerprint density at radius 3 is 2.18 bits per heavy atom. The standard InChI is InChI=1S/C17H16N2O3/c1-22-12-17(13-8-4-2-5-9-13)15(20)19(16(21)18-17)14-10-6-3-7-11-14/h2-11H,12H2,1H3,(H,18,21). The molecule has 3 amide bonds. The number of urea groups is 1. The molecule has 0 spiro atoms. The molecule has 1 aliphatic rings. The number of hydrogen-bond donors (Lipinski definition) is 1. The average molecular weight is 296 g/mol. The zero-order valence-corrected chi connectivity index (χ0v) is 12.2. The summed E-state index contributed by atoms with van der Waals surface area (Å²) in [4.78, 5) is 26.5. The van der Waals surface area contributed by atoms with Gasteiger partial charge in [-0.2, -0.15) is 0 Å². The van der Waals surface area contributed by atoms with Crippen molar-refractivity contribution >= 4 is 17.6 Å². The van der Waals surface area contributed by atoms with Gasteiger partial charge in [-0.25, -0.2) is 9.69 Å². The summed E-state index contributed by atoms with van der Waals surface area (Å²) in [6.07, 6.45) is 0. The molecule has 0 aromatic heterocycles. The van der Waals surface area contributed by atoms with E-state index < -0.39 is 11.6 Å². The van der Waals surface area contributed by atoms with Crippen LogP contribution in [0.4, 0.5) is 10.5 Å². The quantitative estimate of drug-likeness (QED) is 0.881. The minimum absolute atomic E-state index is 0.0743. The number of ether oxygens (including phenoxy) is 1. The van der Waals surface area contributed by atoms with Crippen molar-refractivity contribution in [3.63, 3.8) is 0 Å². The molecule has 5 heteroatoms. The predicted octanol–water partition coefficient (Wildman–Crippen LogP) is 2.28. The normalized spacial score (nSPS) is 21.0. The van der Waals surface area contributed by atoms with Gasteiger partial charge in [0.2, 0.25) is 0 Å². The molecular formula is C17H16N2O3. The maximum atomic E-state index is 13.0. The molecule has 0 radical (unpaired) electrons. The van der Waals surface area contributed by atoms with Gasteiger partial charge >= 0.3 is 6.03 Å². The number of hydrogen-bond acceptors (Lipinski definition) is 3. The number of para-hydroxylation sites is 1. The van der Waals surface area contributed by atoms with Crippen molar-refractivity contribution in [2.75, 3.05) is 18.6 Å². The summed E-state index contributed by atoms with van der Waals surface area (Å²) >= 11 is 0. The van der Waals surface area contributed by atoms with Crippen LogP contribution in [-0.4, -0.2) is 25.7 Å². The van der Waals surface area contributed by atoms with Crippen LogP contribution in [0.3, 0.4) is 0 Å². The van der Waals surface area contributed by atoms with E-state index in [0.29, 0.717) is 11.3 Å². The van der Waals surface area contributed by atoms with Crippen molar-refractivity contribution in [2.45, 2.75) is 5.54 Å². The van der Waals surface area contributed by atoms with E-state index in [4.69, 9.17) is 4.74 Å². The van der Waals surface area contributed by atoms with Crippen molar-refractivity contribution < 1.29 is 14.3 Å². The van der Waals surface area contributed by atoms with Crippen molar-refractivity contribution in [2.24, 2.45) is 0 Å². The van der Waals surface area contributed by atoms with Gasteiger partial charge in [0.05, 0.1) is 12.3 Å². The maximum absolute atomic E-state index is 13.0. The molecule has 2 aromatic carbocycles. The Balaban J connectivity index is 2.07. The SMILES string of the molecule is COCC1(c2ccccc2)NC(=O)N(c2ccccc2)C1=O. The summed E-state index contributed by atoms with van der Waals surface area (Å²) < 4.78 is 5.22. The van der Waals surface area contributed by atoms with Crippen LogP contribution in [0.25, 0.3) is 0 Å². The van der Waals surface area contributed by atoms with Crippen LogP contribution in [0.15, 0.2) is 60.7 Å². The zero-order valence-electron chi connectivity index (χ0n) is 12.2. The van der Waals surface area contributed by atoms with Crippen LogP contribution in [0.1, 0.15) is 5.56 Å². The van der Waals surface area contributed by atoms with Crippen LogP contribution in [0, 0.1) is 0 Å². The monoisotopic (exact) mass is 296 g/mol. The third kappa shape index (κ3) is 2.16. The molecule has 0 bridgehead atoms. The number of nitrogens with zero attached hydrogens (tertiary/aromatic N) is 1. The Hall–Kier alpha value is -2.66. The molecule has 1 aliphatic heterocycles. The van der Waals surface area contributed by atoms with E-state index >= 15 is 0 Å². The molecule has 1 unspecified atom stereocenters. The lowest BCUT2D eigenvalue weighted by Gasteiger charge is -2.26. The highest BCUT2D eigenvalue weighted by Crippen LogP contribution is 2.32. The third-order valence-electron chi connectivity index (χ3n) is 3.73. The second-order valence-electron chi connectivity index (χ2n) is 5.11. The Morgan fingerprint density at radius 1 is 1.00 bits per heavy atom. The first-order valence-electron chi connectivity index (χ1n) is 6.95. The van der Waals surface area contributed by atoms with Gasteiger partial charge in [-0.1, -0.05) is 48.5 Å². The predicted molar refractivity (Wildman–Crippen MR) is 82.5 cm³/mol. The van der Waals surface area contributed by atoms with Crippen LogP contribution in [0.5, 0.6) is 0 Å². The number of nitrogens with one attached hydrogen (secondary N) is 1. The van der Waals surface area contributed by atoms with E-state index in [2.05, 4.69) is 5.32 Å². The Bertz CT molecular complexity index is 688. The zero-order chi connectivity index (χ0) is 15.6. The number of methoxy groups -OCH3 is 1. The Labute approximate surface area is 128 Å². The fourth-order valence-corrected chi connectivity index (χ4v) is 2.70. The van der Waals surface area contributed by atoms with Gasteiger partial charge < -0.3 is 10.1 Å². The molecule has 0 aliphatic carbocycles. The van der Waals surface area contributed by atoms with Crippen LogP contribution in [0.2, 0.25) is 0 Å². The largest absolute Gasteiger partial charge is 0.381 e. The Kier molecular flexibility index (Phi) is 3.65. The topological polar surface area (TPSA) is 58.6 Å². The van der Waals surface area contributed by atoms with Gasteiger partial charge in [0.25, 0.3) is 5.91 Å². The molecule has 112 valence electrons. The number of amides is 3. The molecule has 1 atom stereocenters. The van der Waals surface area contributed by atoms with Crippen molar-refractivity contribution in [3.8, 4) is 0 Å². The molecule has 1 saturated heterocycles. The summed E-state index contributed by atoms with van der Waals surface area (Å²) in [6, 6.07) is 17.6. The van der Waals surface area contributed by atoms with E-state index in [-0.39, 0.29) is 12.5 Å². The van der Waals surface area contributed by atoms with Crippen LogP contribution >= 0.6 is 0 Å². The van der Waals surface area contributed by atoms with Gasteiger partial charge in [0, 0.05) is 7.11 Å². The van der Waals surface area contributed by atoms with Gasteiger partial charge in [0.1, 0.15) is 0 Å². The summed E-state index contributed by atoms with van der Waals surface area (Å²) in [5.74, 6) is -0.336. The summed E-state index contributed by atoms with van der Waals surface area (Å²) in [7, 11) is 1.51. The molecule has 22 heavy (non-hydrogen) atoms. The van der Waals surface area contributed by atoms with Crippen molar-refractivity contribution in [1.29, 1.82) is 0 Å². The van der Waals surface area contributed by atoms with Crippen molar-refractivity contribution in [1.82, 2.24) is 5.32 Å². The number of carbonyl (C=O) groups excluding carboxylic acids is 2. The molecule has 3 rings (SSSR count). The first-order chi connectivity index (χ1) is 10.7. The first kappa shape index (κ1) is 14.3. The number of imide groups is 1. The number of rotatable bonds is 4. The van der Waals surface area contributed by atoms with Gasteiger partial charge in [0.15, 0.2) is 5.54 Å². The smallest absolute Gasteiger partial charge is 0.330 e. The van der Waals surface area contributed by atoms with Gasteiger partial charge in [-0.05, 0) is 17.7 Å². The van der Waals surface area contributed by atoms with Gasteiger partial charge in [-0.3, -0.25) is 4.79 Å². The highest BCUT2D eigenvalue weighted by atomic mass is 16.5. The number of benzene rings is 2. The fourth-order valence-electron chi connectivity index (χ4n) is 2.70. The van der Waals surface area contributed by atoms with Crippen molar-refractivity contribution in [3.05, 3.63) is 66.2 Å².